The number of esters is 1. The summed E-state index contributed by atoms with van der Waals surface area (Å²) in [5, 5.41) is 2.19. The lowest BCUT2D eigenvalue weighted by Crippen LogP contribution is -2.53. The van der Waals surface area contributed by atoms with E-state index in [9.17, 15) is 19.2 Å². The first-order valence-electron chi connectivity index (χ1n) is 10.3. The van der Waals surface area contributed by atoms with Crippen molar-refractivity contribution >= 4 is 29.9 Å². The highest BCUT2D eigenvalue weighted by molar-refractivity contribution is 6.30. The molecule has 166 valence electrons. The topological polar surface area (TPSA) is 106 Å². The highest BCUT2D eigenvalue weighted by Gasteiger charge is 2.35. The zero-order chi connectivity index (χ0) is 23.4. The number of barbiturate groups is 1. The maximum absolute atomic E-state index is 12.9. The lowest BCUT2D eigenvalue weighted by Gasteiger charge is -2.26. The molecule has 0 saturated carbocycles. The Labute approximate surface area is 189 Å². The van der Waals surface area contributed by atoms with Crippen LogP contribution in [0.2, 0.25) is 0 Å². The molecule has 0 unspecified atom stereocenters. The molecule has 1 aromatic heterocycles. The normalized spacial score (nSPS) is 15.0. The summed E-state index contributed by atoms with van der Waals surface area (Å²) in [6.07, 6.45) is 1.30. The van der Waals surface area contributed by atoms with Crippen LogP contribution >= 0.6 is 0 Å². The van der Waals surface area contributed by atoms with Gasteiger partial charge in [-0.2, -0.15) is 0 Å². The average Bonchev–Trinajstić information content (AvgIpc) is 3.29. The number of carbonyl (C=O) groups excluding carboxylic acids is 4. The Bertz CT molecular complexity index is 1240. The molecule has 4 amide bonds. The molecule has 4 rings (SSSR count). The number of nitrogens with zero attached hydrogens (tertiary/aromatic N) is 1. The highest BCUT2D eigenvalue weighted by Crippen LogP contribution is 2.25. The second-order valence-corrected chi connectivity index (χ2v) is 7.19. The minimum atomic E-state index is -0.786. The molecule has 1 aliphatic heterocycles. The van der Waals surface area contributed by atoms with Crippen molar-refractivity contribution in [3.05, 3.63) is 89.2 Å². The van der Waals surface area contributed by atoms with Gasteiger partial charge in [0.15, 0.2) is 0 Å². The van der Waals surface area contributed by atoms with Crippen LogP contribution < -0.4 is 5.32 Å². The van der Waals surface area contributed by atoms with Crippen LogP contribution in [0.15, 0.2) is 76.7 Å². The Hall–Kier alpha value is -4.46. The molecular formula is C25H20N2O6. The Kier molecular flexibility index (Phi) is 6.17. The quantitative estimate of drug-likeness (QED) is 0.352. The van der Waals surface area contributed by atoms with Crippen LogP contribution in [0.5, 0.6) is 0 Å². The molecule has 1 N–H and O–H groups in total. The SMILES string of the molecule is CCOC(=O)c1ccc(-c2ccc(/C=C3/C(=O)NC(=O)N(Cc4ccccc4)C3=O)o2)cc1. The number of rotatable bonds is 6. The number of furan rings is 1. The third kappa shape index (κ3) is 4.74. The molecular weight excluding hydrogens is 424 g/mol. The molecule has 0 aliphatic carbocycles. The summed E-state index contributed by atoms with van der Waals surface area (Å²) < 4.78 is 10.7. The summed E-state index contributed by atoms with van der Waals surface area (Å²) in [6, 6.07) is 18.2. The van der Waals surface area contributed by atoms with Crippen molar-refractivity contribution in [2.45, 2.75) is 13.5 Å². The van der Waals surface area contributed by atoms with E-state index < -0.39 is 23.8 Å². The third-order valence-electron chi connectivity index (χ3n) is 4.96. The zero-order valence-corrected chi connectivity index (χ0v) is 17.7. The fraction of sp³-hybridized carbons (Fsp3) is 0.120. The van der Waals surface area contributed by atoms with E-state index in [4.69, 9.17) is 9.15 Å². The Morgan fingerprint density at radius 2 is 1.73 bits per heavy atom. The van der Waals surface area contributed by atoms with Gasteiger partial charge in [0, 0.05) is 5.56 Å². The number of urea groups is 1. The van der Waals surface area contributed by atoms with Gasteiger partial charge in [0.1, 0.15) is 17.1 Å². The van der Waals surface area contributed by atoms with Gasteiger partial charge in [0.2, 0.25) is 0 Å². The molecule has 3 aromatic rings. The molecule has 8 nitrogen and oxygen atoms in total. The first-order chi connectivity index (χ1) is 16.0. The Balaban J connectivity index is 1.55. The van der Waals surface area contributed by atoms with E-state index in [0.717, 1.165) is 10.5 Å². The minimum absolute atomic E-state index is 0.0341. The van der Waals surface area contributed by atoms with Gasteiger partial charge in [-0.3, -0.25) is 19.8 Å². The molecule has 1 aliphatic rings. The van der Waals surface area contributed by atoms with Gasteiger partial charge in [0.25, 0.3) is 11.8 Å². The molecule has 0 radical (unpaired) electrons. The number of nitrogens with one attached hydrogen (secondary N) is 1. The molecule has 2 aromatic carbocycles. The first-order valence-corrected chi connectivity index (χ1v) is 10.3. The summed E-state index contributed by atoms with van der Waals surface area (Å²) in [4.78, 5) is 50.2. The van der Waals surface area contributed by atoms with Gasteiger partial charge in [-0.25, -0.2) is 9.59 Å². The molecule has 2 heterocycles. The fourth-order valence-corrected chi connectivity index (χ4v) is 3.32. The van der Waals surface area contributed by atoms with Gasteiger partial charge in [0.05, 0.1) is 18.7 Å². The highest BCUT2D eigenvalue weighted by atomic mass is 16.5. The molecule has 0 atom stereocenters. The van der Waals surface area contributed by atoms with Crippen molar-refractivity contribution in [1.29, 1.82) is 0 Å². The van der Waals surface area contributed by atoms with Crippen molar-refractivity contribution in [3.63, 3.8) is 0 Å². The van der Waals surface area contributed by atoms with Crippen molar-refractivity contribution in [2.75, 3.05) is 6.61 Å². The van der Waals surface area contributed by atoms with E-state index in [0.29, 0.717) is 16.9 Å². The van der Waals surface area contributed by atoms with Crippen LogP contribution in [0.25, 0.3) is 17.4 Å². The smallest absolute Gasteiger partial charge is 0.338 e. The van der Waals surface area contributed by atoms with Crippen molar-refractivity contribution in [2.24, 2.45) is 0 Å². The van der Waals surface area contributed by atoms with Crippen LogP contribution in [-0.4, -0.2) is 35.3 Å². The van der Waals surface area contributed by atoms with E-state index in [1.165, 1.54) is 6.08 Å². The fourth-order valence-electron chi connectivity index (χ4n) is 3.32. The summed E-state index contributed by atoms with van der Waals surface area (Å²) in [5.41, 5.74) is 1.67. The first kappa shape index (κ1) is 21.8. The summed E-state index contributed by atoms with van der Waals surface area (Å²) in [6.45, 7) is 2.06. The molecule has 33 heavy (non-hydrogen) atoms. The second kappa shape index (κ2) is 9.35. The number of ether oxygens (including phenoxy) is 1. The summed E-state index contributed by atoms with van der Waals surface area (Å²) >= 11 is 0. The van der Waals surface area contributed by atoms with Crippen LogP contribution in [0.3, 0.4) is 0 Å². The predicted octanol–water partition coefficient (Wildman–Crippen LogP) is 3.79. The molecule has 0 bridgehead atoms. The second-order valence-electron chi connectivity index (χ2n) is 7.19. The van der Waals surface area contributed by atoms with Crippen LogP contribution in [-0.2, 0) is 20.9 Å². The maximum atomic E-state index is 12.9. The Morgan fingerprint density at radius 3 is 2.42 bits per heavy atom. The molecule has 0 spiro atoms. The molecule has 1 fully saturated rings. The lowest BCUT2D eigenvalue weighted by atomic mass is 10.1. The van der Waals surface area contributed by atoms with Crippen LogP contribution in [0, 0.1) is 0 Å². The summed E-state index contributed by atoms with van der Waals surface area (Å²) in [5.74, 6) is -1.15. The maximum Gasteiger partial charge on any atom is 0.338 e. The number of amides is 4. The molecule has 1 saturated heterocycles. The van der Waals surface area contributed by atoms with Crippen molar-refractivity contribution in [1.82, 2.24) is 10.2 Å². The van der Waals surface area contributed by atoms with E-state index >= 15 is 0 Å². The van der Waals surface area contributed by atoms with E-state index in [2.05, 4.69) is 5.32 Å². The lowest BCUT2D eigenvalue weighted by molar-refractivity contribution is -0.130. The van der Waals surface area contributed by atoms with Crippen molar-refractivity contribution in [3.8, 4) is 11.3 Å². The van der Waals surface area contributed by atoms with Gasteiger partial charge >= 0.3 is 12.0 Å². The largest absolute Gasteiger partial charge is 0.462 e. The van der Waals surface area contributed by atoms with E-state index in [1.807, 2.05) is 6.07 Å². The minimum Gasteiger partial charge on any atom is -0.462 e. The summed E-state index contributed by atoms with van der Waals surface area (Å²) in [7, 11) is 0. The third-order valence-corrected chi connectivity index (χ3v) is 4.96. The van der Waals surface area contributed by atoms with Gasteiger partial charge in [-0.1, -0.05) is 42.5 Å². The van der Waals surface area contributed by atoms with Gasteiger partial charge in [-0.05, 0) is 42.8 Å². The van der Waals surface area contributed by atoms with E-state index in [1.54, 1.807) is 67.6 Å². The Morgan fingerprint density at radius 1 is 1.00 bits per heavy atom. The van der Waals surface area contributed by atoms with E-state index in [-0.39, 0.29) is 24.5 Å². The number of hydrogen-bond donors (Lipinski definition) is 1. The van der Waals surface area contributed by atoms with Gasteiger partial charge < -0.3 is 9.15 Å². The molecule has 8 heteroatoms. The van der Waals surface area contributed by atoms with Gasteiger partial charge in [-0.15, -0.1) is 0 Å². The van der Waals surface area contributed by atoms with Crippen molar-refractivity contribution < 1.29 is 28.3 Å². The number of carbonyl (C=O) groups is 4. The number of imide groups is 2. The zero-order valence-electron chi connectivity index (χ0n) is 17.7. The standard InChI is InChI=1S/C25H20N2O6/c1-2-32-24(30)18-10-8-17(9-11-18)21-13-12-19(33-21)14-20-22(28)26-25(31)27(23(20)29)15-16-6-4-3-5-7-16/h3-14H,2,15H2,1H3,(H,26,28,31)/b20-14-. The number of benzene rings is 2. The predicted molar refractivity (Wildman–Crippen MR) is 119 cm³/mol. The van der Waals surface area contributed by atoms with Crippen LogP contribution in [0.4, 0.5) is 4.79 Å². The monoisotopic (exact) mass is 444 g/mol. The average molecular weight is 444 g/mol. The number of hydrogen-bond acceptors (Lipinski definition) is 6. The van der Waals surface area contributed by atoms with Crippen LogP contribution in [0.1, 0.15) is 28.6 Å².